The lowest BCUT2D eigenvalue weighted by Gasteiger charge is -2.29. The van der Waals surface area contributed by atoms with Crippen LogP contribution < -0.4 is 5.48 Å². The second-order valence-electron chi connectivity index (χ2n) is 6.56. The summed E-state index contributed by atoms with van der Waals surface area (Å²) in [4.78, 5) is 43.2. The number of amides is 4. The Morgan fingerprint density at radius 2 is 2.00 bits per heavy atom. The zero-order valence-electron chi connectivity index (χ0n) is 14.2. The fraction of sp³-hybridized carbons (Fsp3) is 0.769. The van der Waals surface area contributed by atoms with Crippen molar-refractivity contribution in [3.8, 4) is 0 Å². The van der Waals surface area contributed by atoms with Crippen LogP contribution in [-0.2, 0) is 24.3 Å². The van der Waals surface area contributed by atoms with E-state index in [9.17, 15) is 22.8 Å². The lowest BCUT2D eigenvalue weighted by atomic mass is 10.0. The lowest BCUT2D eigenvalue weighted by Crippen LogP contribution is -2.50. The van der Waals surface area contributed by atoms with Crippen molar-refractivity contribution in [1.29, 1.82) is 0 Å². The molecule has 3 saturated heterocycles. The summed E-state index contributed by atoms with van der Waals surface area (Å²) in [6.07, 6.45) is 0.837. The summed E-state index contributed by atoms with van der Waals surface area (Å²) in [5.74, 6) is -0.602. The van der Waals surface area contributed by atoms with E-state index < -0.39 is 40.5 Å². The van der Waals surface area contributed by atoms with E-state index in [1.165, 1.54) is 4.90 Å². The Morgan fingerprint density at radius 3 is 2.67 bits per heavy atom. The Bertz CT molecular complexity index is 729. The number of urea groups is 1. The monoisotopic (exact) mass is 408 g/mol. The number of piperidine rings is 1. The minimum atomic E-state index is -4.85. The second kappa shape index (κ2) is 7.46. The maximum Gasteiger partial charge on any atom is 0.418 e. The van der Waals surface area contributed by atoms with Gasteiger partial charge in [0.05, 0.1) is 18.7 Å². The average Bonchev–Trinajstić information content (AvgIpc) is 3.14. The number of nitrogens with one attached hydrogen (secondary N) is 1. The third kappa shape index (κ3) is 4.23. The Kier molecular flexibility index (Phi) is 5.41. The van der Waals surface area contributed by atoms with E-state index in [0.717, 1.165) is 4.90 Å². The Hall–Kier alpha value is -2.16. The first-order valence-electron chi connectivity index (χ1n) is 8.35. The topological polar surface area (TPSA) is 166 Å². The van der Waals surface area contributed by atoms with Gasteiger partial charge in [0.2, 0.25) is 0 Å². The molecule has 0 aliphatic carbocycles. The van der Waals surface area contributed by atoms with Gasteiger partial charge in [-0.05, 0) is 25.7 Å². The Balaban J connectivity index is 1.53. The molecule has 0 radical (unpaired) electrons. The van der Waals surface area contributed by atoms with Gasteiger partial charge in [0.1, 0.15) is 6.04 Å². The van der Waals surface area contributed by atoms with E-state index in [1.807, 2.05) is 0 Å². The highest BCUT2D eigenvalue weighted by atomic mass is 32.3. The van der Waals surface area contributed by atoms with Crippen molar-refractivity contribution < 1.29 is 41.6 Å². The van der Waals surface area contributed by atoms with Crippen molar-refractivity contribution in [2.24, 2.45) is 0 Å². The van der Waals surface area contributed by atoms with Gasteiger partial charge in [0, 0.05) is 13.1 Å². The molecule has 0 unspecified atom stereocenters. The average molecular weight is 408 g/mol. The number of carbonyl (C=O) groups excluding carboxylic acids is 2. The van der Waals surface area contributed by atoms with Crippen molar-refractivity contribution >= 4 is 28.4 Å². The van der Waals surface area contributed by atoms with Gasteiger partial charge in [-0.1, -0.05) is 0 Å². The highest BCUT2D eigenvalue weighted by Crippen LogP contribution is 2.30. The minimum Gasteiger partial charge on any atom is -0.465 e. The zero-order chi connectivity index (χ0) is 19.8. The fourth-order valence-corrected chi connectivity index (χ4v) is 4.03. The molecular formula is C13H20N4O9S. The predicted molar refractivity (Wildman–Crippen MR) is 85.2 cm³/mol. The maximum atomic E-state index is 12.3. The van der Waals surface area contributed by atoms with Gasteiger partial charge in [-0.3, -0.25) is 14.2 Å². The van der Waals surface area contributed by atoms with E-state index in [0.29, 0.717) is 30.9 Å². The summed E-state index contributed by atoms with van der Waals surface area (Å²) in [5.41, 5.74) is 2.23. The predicted octanol–water partition coefficient (Wildman–Crippen LogP) is -0.820. The number of rotatable bonds is 6. The molecule has 0 aromatic heterocycles. The van der Waals surface area contributed by atoms with Crippen molar-refractivity contribution in [1.82, 2.24) is 20.3 Å². The van der Waals surface area contributed by atoms with Crippen LogP contribution in [0.2, 0.25) is 0 Å². The number of hydroxylamine groups is 3. The number of hydrogen-bond acceptors (Lipinski definition) is 7. The first kappa shape index (κ1) is 19.6. The Morgan fingerprint density at radius 1 is 1.26 bits per heavy atom. The number of fused-ring (bicyclic) bond motifs is 2. The van der Waals surface area contributed by atoms with Crippen LogP contribution in [-0.4, -0.2) is 88.8 Å². The molecule has 0 aromatic carbocycles. The van der Waals surface area contributed by atoms with E-state index in [4.69, 9.17) is 14.5 Å². The normalized spacial score (nSPS) is 28.0. The third-order valence-electron chi connectivity index (χ3n) is 4.87. The van der Waals surface area contributed by atoms with Crippen molar-refractivity contribution in [2.75, 3.05) is 19.7 Å². The molecule has 0 aromatic rings. The van der Waals surface area contributed by atoms with Crippen LogP contribution in [0, 0.1) is 0 Å². The van der Waals surface area contributed by atoms with E-state index in [-0.39, 0.29) is 25.6 Å². The highest BCUT2D eigenvalue weighted by molar-refractivity contribution is 7.80. The third-order valence-corrected chi connectivity index (χ3v) is 5.22. The van der Waals surface area contributed by atoms with Crippen molar-refractivity contribution in [3.63, 3.8) is 0 Å². The summed E-state index contributed by atoms with van der Waals surface area (Å²) in [5, 5.41) is 9.61. The Labute approximate surface area is 154 Å². The summed E-state index contributed by atoms with van der Waals surface area (Å²) < 4.78 is 34.8. The van der Waals surface area contributed by atoms with Crippen molar-refractivity contribution in [2.45, 2.75) is 43.8 Å². The van der Waals surface area contributed by atoms with Gasteiger partial charge < -0.3 is 14.9 Å². The molecule has 152 valence electrons. The largest absolute Gasteiger partial charge is 0.465 e. The molecule has 3 N–H and O–H groups in total. The second-order valence-corrected chi connectivity index (χ2v) is 7.56. The maximum absolute atomic E-state index is 12.3. The van der Waals surface area contributed by atoms with E-state index in [2.05, 4.69) is 9.76 Å². The molecule has 3 atom stereocenters. The van der Waals surface area contributed by atoms with Crippen LogP contribution in [0.15, 0.2) is 0 Å². The minimum absolute atomic E-state index is 0.0146. The zero-order valence-corrected chi connectivity index (χ0v) is 15.0. The summed E-state index contributed by atoms with van der Waals surface area (Å²) in [7, 11) is -4.85. The molecule has 13 nitrogen and oxygen atoms in total. The molecule has 3 aliphatic rings. The number of carboxylic acid groups (broad SMARTS) is 1. The smallest absolute Gasteiger partial charge is 0.418 e. The molecule has 3 aliphatic heterocycles. The van der Waals surface area contributed by atoms with Crippen LogP contribution in [0.1, 0.15) is 25.7 Å². The number of nitrogens with zero attached hydrogens (tertiary/aromatic N) is 3. The molecule has 2 bridgehead atoms. The summed E-state index contributed by atoms with van der Waals surface area (Å²) >= 11 is 0. The van der Waals surface area contributed by atoms with Crippen LogP contribution in [0.3, 0.4) is 0 Å². The van der Waals surface area contributed by atoms with E-state index >= 15 is 0 Å². The molecule has 0 spiro atoms. The number of hydrogen-bond donors (Lipinski definition) is 3. The van der Waals surface area contributed by atoms with Crippen LogP contribution >= 0.6 is 0 Å². The van der Waals surface area contributed by atoms with Gasteiger partial charge in [-0.2, -0.15) is 13.5 Å². The lowest BCUT2D eigenvalue weighted by molar-refractivity contribution is -0.139. The molecule has 0 saturated carbocycles. The van der Waals surface area contributed by atoms with Gasteiger partial charge in [0.25, 0.3) is 5.91 Å². The van der Waals surface area contributed by atoms with E-state index in [1.54, 1.807) is 0 Å². The number of carbonyl (C=O) groups is 3. The molecule has 14 heteroatoms. The molecule has 4 amide bonds. The van der Waals surface area contributed by atoms with Gasteiger partial charge in [0.15, 0.2) is 0 Å². The highest BCUT2D eigenvalue weighted by Gasteiger charge is 2.49. The first-order chi connectivity index (χ1) is 12.7. The molecular weight excluding hydrogens is 388 g/mol. The van der Waals surface area contributed by atoms with Crippen LogP contribution in [0.4, 0.5) is 9.59 Å². The van der Waals surface area contributed by atoms with Gasteiger partial charge >= 0.3 is 22.5 Å². The first-order valence-corrected chi connectivity index (χ1v) is 9.72. The van der Waals surface area contributed by atoms with Crippen LogP contribution in [0.25, 0.3) is 0 Å². The summed E-state index contributed by atoms with van der Waals surface area (Å²) in [6, 6.07) is -2.68. The molecule has 3 fully saturated rings. The van der Waals surface area contributed by atoms with Gasteiger partial charge in [-0.25, -0.2) is 15.1 Å². The van der Waals surface area contributed by atoms with Crippen LogP contribution in [0.5, 0.6) is 0 Å². The molecule has 3 heterocycles. The molecule has 27 heavy (non-hydrogen) atoms. The van der Waals surface area contributed by atoms with Gasteiger partial charge in [-0.15, -0.1) is 4.28 Å². The SMILES string of the molecule is O=C(NOC[C@H]1CCCN1C(=O)O)[C@@H]1CC[C@@H]2CN1C(=O)N2OS(=O)(=O)O. The quantitative estimate of drug-likeness (QED) is 0.376. The van der Waals surface area contributed by atoms with Crippen molar-refractivity contribution in [3.05, 3.63) is 0 Å². The molecule has 3 rings (SSSR count). The standard InChI is InChI=1S/C13H20N4O9S/c18-11(14-25-7-9-2-1-5-15(9)13(20)21)10-4-3-8-6-16(10)12(19)17(8)26-27(22,23)24/h8-10H,1-7H2,(H,14,18)(H,20,21)(H,22,23,24)/t8-,9-,10+/m1/s1. The number of likely N-dealkylation sites (tertiary alicyclic amines) is 1. The fourth-order valence-electron chi connectivity index (χ4n) is 3.64. The summed E-state index contributed by atoms with van der Waals surface area (Å²) in [6.45, 7) is 0.467.